The summed E-state index contributed by atoms with van der Waals surface area (Å²) in [4.78, 5) is 0. The molecule has 0 saturated heterocycles. The summed E-state index contributed by atoms with van der Waals surface area (Å²) in [5.74, 6) is 4.47. The van der Waals surface area contributed by atoms with Gasteiger partial charge in [0.2, 0.25) is 0 Å². The van der Waals surface area contributed by atoms with Gasteiger partial charge in [-0.25, -0.2) is 0 Å². The topological polar surface area (TPSA) is 249 Å². The van der Waals surface area contributed by atoms with Crippen LogP contribution in [0.3, 0.4) is 0 Å². The molecule has 0 aliphatic carbocycles. The Hall–Kier alpha value is -7.16. The Morgan fingerprint density at radius 3 is 1.29 bits per heavy atom. The maximum atomic E-state index is 5.23. The fourth-order valence-corrected chi connectivity index (χ4v) is 7.27. The molecule has 11 nitrogen and oxygen atoms in total. The van der Waals surface area contributed by atoms with E-state index in [1.165, 1.54) is 55.6 Å². The van der Waals surface area contributed by atoms with Gasteiger partial charge in [-0.05, 0) is 173 Å². The highest BCUT2D eigenvalue weighted by Gasteiger charge is 2.05. The second-order valence-corrected chi connectivity index (χ2v) is 20.5. The number of hydrogen-bond donors (Lipinski definition) is 8. The van der Waals surface area contributed by atoms with E-state index in [-0.39, 0.29) is 0 Å². The van der Waals surface area contributed by atoms with Crippen LogP contribution < -0.4 is 60.1 Å². The molecule has 79 heavy (non-hydrogen) atoms. The van der Waals surface area contributed by atoms with Gasteiger partial charge in [0.1, 0.15) is 51.3 Å². The van der Waals surface area contributed by atoms with Crippen LogP contribution in [0.4, 0.5) is 45.5 Å². The molecule has 0 heterocycles. The predicted octanol–water partition coefficient (Wildman–Crippen LogP) is 10.4. The number of methoxy groups -OCH3 is 2. The van der Waals surface area contributed by atoms with Gasteiger partial charge in [0, 0.05) is 59.2 Å². The van der Waals surface area contributed by atoms with E-state index in [9.17, 15) is 0 Å². The highest BCUT2D eigenvalue weighted by atomic mass is 16.5. The first-order valence-electron chi connectivity index (χ1n) is 27.2. The molecule has 8 aromatic rings. The van der Waals surface area contributed by atoms with Crippen molar-refractivity contribution >= 4 is 45.5 Å². The number of hydrogen-bond acceptors (Lipinski definition) is 3. The van der Waals surface area contributed by atoms with Gasteiger partial charge in [0.15, 0.2) is 11.4 Å². The van der Waals surface area contributed by atoms with E-state index in [2.05, 4.69) is 214 Å². The average molecular weight is 1080 g/mol. The van der Waals surface area contributed by atoms with E-state index in [0.29, 0.717) is 17.8 Å². The van der Waals surface area contributed by atoms with Crippen molar-refractivity contribution in [3.8, 4) is 17.2 Å². The largest absolute Gasteiger partial charge is 0.497 e. The van der Waals surface area contributed by atoms with Crippen molar-refractivity contribution in [2.45, 2.75) is 115 Å². The first-order valence-corrected chi connectivity index (χ1v) is 27.2. The summed E-state index contributed by atoms with van der Waals surface area (Å²) in [6.45, 7) is 30.6. The Morgan fingerprint density at radius 2 is 0.873 bits per heavy atom. The fraction of sp³-hybridized carbons (Fsp3) is 0.294. The lowest BCUT2D eigenvalue weighted by atomic mass is 10.0. The first kappa shape index (κ1) is 69.9. The maximum Gasteiger partial charge on any atom is 0.179 e. The van der Waals surface area contributed by atoms with E-state index in [0.717, 1.165) is 69.4 Å². The Kier molecular flexibility index (Phi) is 33.3. The van der Waals surface area contributed by atoms with Crippen LogP contribution in [0.1, 0.15) is 122 Å². The summed E-state index contributed by atoms with van der Waals surface area (Å²) in [7, 11) is 3.30. The van der Waals surface area contributed by atoms with Gasteiger partial charge in [-0.1, -0.05) is 102 Å². The van der Waals surface area contributed by atoms with Crippen LogP contribution in [0.2, 0.25) is 0 Å². The summed E-state index contributed by atoms with van der Waals surface area (Å²) in [5.41, 5.74) is 52.7. The highest BCUT2D eigenvalue weighted by Crippen LogP contribution is 2.22. The molecule has 0 aliphatic rings. The van der Waals surface area contributed by atoms with Crippen molar-refractivity contribution in [3.63, 3.8) is 0 Å². The van der Waals surface area contributed by atoms with Crippen LogP contribution in [0.15, 0.2) is 164 Å². The lowest BCUT2D eigenvalue weighted by molar-refractivity contribution is -0.257. The SMILES string of the molecule is CC(C)c1ccc([NH3+])cc1.CC(C)c1cccc([NH3+])c1.CC(C)c1ccccc1[NH3+].CCOc1ccc([NH3+])cc1.COc1ccc(C)cc1[NH3+].COc1ccc([NH3+])cc1.Cc1cc(C)c([NH3+])cc1C.Cc1ccc([NH3+])c(C)c1C. The molecule has 0 bridgehead atoms. The molecule has 0 spiro atoms. The molecular weight excluding hydrogens is 977 g/mol. The van der Waals surface area contributed by atoms with E-state index in [1.54, 1.807) is 14.2 Å². The predicted molar refractivity (Wildman–Crippen MR) is 332 cm³/mol. The number of aryl methyl sites for hydroxylation is 5. The summed E-state index contributed by atoms with van der Waals surface area (Å²) in [6.07, 6.45) is 0. The molecule has 8 aromatic carbocycles. The van der Waals surface area contributed by atoms with Crippen molar-refractivity contribution in [3.05, 3.63) is 219 Å². The van der Waals surface area contributed by atoms with Crippen molar-refractivity contribution in [2.75, 3.05) is 20.8 Å². The Morgan fingerprint density at radius 1 is 0.354 bits per heavy atom. The summed E-state index contributed by atoms with van der Waals surface area (Å²) >= 11 is 0. The van der Waals surface area contributed by atoms with E-state index >= 15 is 0 Å². The van der Waals surface area contributed by atoms with Crippen molar-refractivity contribution in [1.29, 1.82) is 0 Å². The Labute approximate surface area is 475 Å². The molecule has 0 aliphatic heterocycles. The van der Waals surface area contributed by atoms with Crippen LogP contribution in [-0.2, 0) is 0 Å². The minimum atomic E-state index is 0.591. The van der Waals surface area contributed by atoms with E-state index < -0.39 is 0 Å². The molecule has 11 heteroatoms. The van der Waals surface area contributed by atoms with Gasteiger partial charge in [-0.15, -0.1) is 0 Å². The standard InChI is InChI=1S/5C9H13N.2C8H11NO.C7H9NO/c1-6-4-8(3)9(10)5-7(6)2;1-6-4-5-9(10)8(3)7(6)2;1-7(2)8-3-5-9(10)6-4-8;1-7(2)8-4-3-5-9(10)6-8;1-7(2)8-5-3-4-6-9(8)10;1-6-3-4-8(10-2)7(9)5-6;1-2-10-8-5-3-7(9)4-6-8;1-9-7-4-2-6(8)3-5-7/h2*4-5H,10H2,1-3H3;3*3-7H,10H2,1-2H3;3-5H,9H2,1-2H3;3-6H,2,9H2,1H3;2-5H,8H2,1H3/p+8. The van der Waals surface area contributed by atoms with Gasteiger partial charge in [0.05, 0.1) is 20.8 Å². The summed E-state index contributed by atoms with van der Waals surface area (Å²) < 4.78 is 15.2. The van der Waals surface area contributed by atoms with Gasteiger partial charge in [0.25, 0.3) is 0 Å². The molecule has 0 amide bonds. The van der Waals surface area contributed by atoms with Gasteiger partial charge >= 0.3 is 0 Å². The Balaban J connectivity index is 0.000000452. The summed E-state index contributed by atoms with van der Waals surface area (Å²) in [5, 5.41) is 0. The molecule has 0 radical (unpaired) electrons. The molecule has 0 fully saturated rings. The third-order valence-corrected chi connectivity index (χ3v) is 12.9. The number of benzene rings is 8. The zero-order valence-electron chi connectivity index (χ0n) is 51.4. The van der Waals surface area contributed by atoms with Crippen molar-refractivity contribution in [1.82, 2.24) is 0 Å². The third kappa shape index (κ3) is 28.3. The second kappa shape index (κ2) is 37.6. The lowest BCUT2D eigenvalue weighted by Crippen LogP contribution is -2.41. The molecular formula is C68H104N8O3+8. The maximum absolute atomic E-state index is 5.23. The van der Waals surface area contributed by atoms with E-state index in [1.807, 2.05) is 92.7 Å². The second-order valence-electron chi connectivity index (χ2n) is 20.5. The van der Waals surface area contributed by atoms with Crippen molar-refractivity contribution < 1.29 is 60.1 Å². The molecule has 0 atom stereocenters. The summed E-state index contributed by atoms with van der Waals surface area (Å²) in [6, 6.07) is 54.7. The Bertz CT molecular complexity index is 2880. The first-order chi connectivity index (χ1) is 37.2. The number of quaternary nitrogens is 8. The normalized spacial score (nSPS) is 9.91. The van der Waals surface area contributed by atoms with Gasteiger partial charge in [-0.2, -0.15) is 0 Å². The monoisotopic (exact) mass is 1080 g/mol. The van der Waals surface area contributed by atoms with E-state index in [4.69, 9.17) is 14.2 Å². The van der Waals surface area contributed by atoms with Crippen LogP contribution >= 0.6 is 0 Å². The zero-order chi connectivity index (χ0) is 59.8. The van der Waals surface area contributed by atoms with Crippen LogP contribution in [0, 0.1) is 48.5 Å². The third-order valence-electron chi connectivity index (χ3n) is 12.9. The van der Waals surface area contributed by atoms with Crippen LogP contribution in [-0.4, -0.2) is 20.8 Å². The highest BCUT2D eigenvalue weighted by molar-refractivity contribution is 5.48. The molecule has 0 aromatic heterocycles. The molecule has 24 N–H and O–H groups in total. The van der Waals surface area contributed by atoms with Crippen LogP contribution in [0.25, 0.3) is 0 Å². The van der Waals surface area contributed by atoms with Crippen molar-refractivity contribution in [2.24, 2.45) is 0 Å². The lowest BCUT2D eigenvalue weighted by Gasteiger charge is -2.04. The molecule has 8 rings (SSSR count). The molecule has 0 unspecified atom stereocenters. The zero-order valence-corrected chi connectivity index (χ0v) is 51.4. The molecule has 0 saturated carbocycles. The minimum absolute atomic E-state index is 0.591. The molecule has 426 valence electrons. The van der Waals surface area contributed by atoms with Gasteiger partial charge < -0.3 is 60.1 Å². The minimum Gasteiger partial charge on any atom is -0.497 e. The quantitative estimate of drug-likeness (QED) is 0.0777. The van der Waals surface area contributed by atoms with Crippen LogP contribution in [0.5, 0.6) is 17.2 Å². The number of ether oxygens (including phenoxy) is 3. The van der Waals surface area contributed by atoms with Gasteiger partial charge in [-0.3, -0.25) is 0 Å². The number of rotatable bonds is 7. The average Bonchev–Trinajstić information content (AvgIpc) is 3.41. The smallest absolute Gasteiger partial charge is 0.179 e. The fourth-order valence-electron chi connectivity index (χ4n) is 7.27.